The summed E-state index contributed by atoms with van der Waals surface area (Å²) in [7, 11) is 1.30. The average molecular weight is 489 g/mol. The molecule has 1 aliphatic rings. The number of halogens is 2. The Morgan fingerprint density at radius 3 is 2.61 bits per heavy atom. The summed E-state index contributed by atoms with van der Waals surface area (Å²) in [5.41, 5.74) is 1.91. The van der Waals surface area contributed by atoms with Crippen LogP contribution in [0.2, 0.25) is 0 Å². The molecule has 1 aromatic heterocycles. The number of anilines is 2. The van der Waals surface area contributed by atoms with Crippen LogP contribution in [0.5, 0.6) is 0 Å². The van der Waals surface area contributed by atoms with Crippen LogP contribution in [0.4, 0.5) is 15.8 Å². The third-order valence-corrected chi connectivity index (χ3v) is 5.84. The number of esters is 1. The molecule has 4 rings (SSSR count). The van der Waals surface area contributed by atoms with Crippen molar-refractivity contribution >= 4 is 50.1 Å². The van der Waals surface area contributed by atoms with Crippen LogP contribution >= 0.6 is 15.9 Å². The maximum absolute atomic E-state index is 14.0. The number of nitrogens with zero attached hydrogens (tertiary/aromatic N) is 2. The van der Waals surface area contributed by atoms with Crippen molar-refractivity contribution in [3.05, 3.63) is 58.4 Å². The molecule has 1 amide bonds. The topological polar surface area (TPSA) is 77.7 Å². The number of methoxy groups -OCH3 is 1. The highest BCUT2D eigenvalue weighted by atomic mass is 79.9. The standard InChI is InChI=1S/C22H22BrFN4O3/c1-31-22(30)21-20(15-12-14(23)6-7-17(15)25-21)26-19(29)13-27-8-10-28(11-9-27)18-5-3-2-4-16(18)24/h2-7,12,25H,8-11,13H2,1H3,(H,26,29). The minimum atomic E-state index is -0.555. The van der Waals surface area contributed by atoms with E-state index >= 15 is 0 Å². The highest BCUT2D eigenvalue weighted by Gasteiger charge is 2.24. The van der Waals surface area contributed by atoms with E-state index < -0.39 is 5.97 Å². The number of amides is 1. The van der Waals surface area contributed by atoms with E-state index in [0.29, 0.717) is 42.9 Å². The molecule has 1 aliphatic heterocycles. The average Bonchev–Trinajstić information content (AvgIpc) is 3.11. The van der Waals surface area contributed by atoms with Crippen LogP contribution in [-0.2, 0) is 9.53 Å². The third kappa shape index (κ3) is 4.57. The molecular weight excluding hydrogens is 467 g/mol. The summed E-state index contributed by atoms with van der Waals surface area (Å²) in [6.07, 6.45) is 0. The van der Waals surface area contributed by atoms with Crippen LogP contribution in [0.25, 0.3) is 10.9 Å². The first-order valence-electron chi connectivity index (χ1n) is 9.87. The molecule has 0 spiro atoms. The molecule has 0 aliphatic carbocycles. The Bertz CT molecular complexity index is 1130. The molecule has 1 saturated heterocycles. The lowest BCUT2D eigenvalue weighted by Gasteiger charge is -2.35. The Kier molecular flexibility index (Phi) is 6.24. The first-order chi connectivity index (χ1) is 15.0. The molecule has 31 heavy (non-hydrogen) atoms. The molecule has 0 radical (unpaired) electrons. The predicted molar refractivity (Wildman–Crippen MR) is 121 cm³/mol. The number of carbonyl (C=O) groups excluding carboxylic acids is 2. The number of ether oxygens (including phenoxy) is 1. The van der Waals surface area contributed by atoms with Crippen molar-refractivity contribution in [3.8, 4) is 0 Å². The van der Waals surface area contributed by atoms with E-state index in [0.717, 1.165) is 9.99 Å². The Hall–Kier alpha value is -2.91. The molecule has 7 nitrogen and oxygen atoms in total. The van der Waals surface area contributed by atoms with Crippen LogP contribution in [0, 0.1) is 5.82 Å². The molecule has 0 atom stereocenters. The monoisotopic (exact) mass is 488 g/mol. The van der Waals surface area contributed by atoms with Crippen LogP contribution in [0.15, 0.2) is 46.9 Å². The molecule has 2 aromatic carbocycles. The zero-order chi connectivity index (χ0) is 22.0. The number of rotatable bonds is 5. The minimum Gasteiger partial charge on any atom is -0.464 e. The van der Waals surface area contributed by atoms with Crippen molar-refractivity contribution in [2.45, 2.75) is 0 Å². The minimum absolute atomic E-state index is 0.173. The zero-order valence-electron chi connectivity index (χ0n) is 17.0. The lowest BCUT2D eigenvalue weighted by atomic mass is 10.2. The quantitative estimate of drug-likeness (QED) is 0.536. The smallest absolute Gasteiger partial charge is 0.356 e. The van der Waals surface area contributed by atoms with E-state index in [1.54, 1.807) is 12.1 Å². The summed E-state index contributed by atoms with van der Waals surface area (Å²) in [6, 6.07) is 12.2. The molecular formula is C22H22BrFN4O3. The lowest BCUT2D eigenvalue weighted by Crippen LogP contribution is -2.49. The van der Waals surface area contributed by atoms with Crippen molar-refractivity contribution < 1.29 is 18.7 Å². The van der Waals surface area contributed by atoms with Crippen LogP contribution in [0.1, 0.15) is 10.5 Å². The van der Waals surface area contributed by atoms with Crippen LogP contribution in [0.3, 0.4) is 0 Å². The first-order valence-corrected chi connectivity index (χ1v) is 10.7. The number of fused-ring (bicyclic) bond motifs is 1. The normalized spacial score (nSPS) is 14.6. The van der Waals surface area contributed by atoms with Gasteiger partial charge in [0.15, 0.2) is 0 Å². The van der Waals surface area contributed by atoms with Gasteiger partial charge in [-0.15, -0.1) is 0 Å². The van der Waals surface area contributed by atoms with Gasteiger partial charge in [-0.1, -0.05) is 28.1 Å². The van der Waals surface area contributed by atoms with Gasteiger partial charge in [-0.2, -0.15) is 0 Å². The molecule has 9 heteroatoms. The molecule has 0 bridgehead atoms. The number of H-pyrrole nitrogens is 1. The number of hydrogen-bond acceptors (Lipinski definition) is 5. The van der Waals surface area contributed by atoms with Gasteiger partial charge in [0, 0.05) is 41.6 Å². The van der Waals surface area contributed by atoms with Gasteiger partial charge in [-0.05, 0) is 30.3 Å². The van der Waals surface area contributed by atoms with Gasteiger partial charge in [-0.25, -0.2) is 9.18 Å². The Morgan fingerprint density at radius 1 is 1.16 bits per heavy atom. The third-order valence-electron chi connectivity index (χ3n) is 5.35. The molecule has 0 saturated carbocycles. The summed E-state index contributed by atoms with van der Waals surface area (Å²) in [6.45, 7) is 2.69. The molecule has 0 unspecified atom stereocenters. The van der Waals surface area contributed by atoms with Gasteiger partial charge < -0.3 is 19.9 Å². The number of para-hydroxylation sites is 1. The molecule has 162 valence electrons. The summed E-state index contributed by atoms with van der Waals surface area (Å²) >= 11 is 3.42. The summed E-state index contributed by atoms with van der Waals surface area (Å²) in [5, 5.41) is 3.58. The number of hydrogen-bond donors (Lipinski definition) is 2. The number of aromatic nitrogens is 1. The number of piperazine rings is 1. The second-order valence-electron chi connectivity index (χ2n) is 7.32. The van der Waals surface area contributed by atoms with Gasteiger partial charge in [-0.3, -0.25) is 9.69 Å². The number of benzene rings is 2. The lowest BCUT2D eigenvalue weighted by molar-refractivity contribution is -0.117. The summed E-state index contributed by atoms with van der Waals surface area (Å²) < 4.78 is 19.7. The highest BCUT2D eigenvalue weighted by Crippen LogP contribution is 2.31. The fraction of sp³-hybridized carbons (Fsp3) is 0.273. The second kappa shape index (κ2) is 9.07. The number of carbonyl (C=O) groups is 2. The Labute approximate surface area is 187 Å². The van der Waals surface area contributed by atoms with E-state index in [1.807, 2.05) is 34.1 Å². The maximum Gasteiger partial charge on any atom is 0.356 e. The highest BCUT2D eigenvalue weighted by molar-refractivity contribution is 9.10. The molecule has 3 aromatic rings. The van der Waals surface area contributed by atoms with Crippen molar-refractivity contribution in [1.29, 1.82) is 0 Å². The maximum atomic E-state index is 14.0. The fourth-order valence-corrected chi connectivity index (χ4v) is 4.15. The molecule has 2 N–H and O–H groups in total. The van der Waals surface area contributed by atoms with E-state index in [9.17, 15) is 14.0 Å². The van der Waals surface area contributed by atoms with Gasteiger partial charge in [0.25, 0.3) is 0 Å². The number of nitrogens with one attached hydrogen (secondary N) is 2. The van der Waals surface area contributed by atoms with Crippen LogP contribution < -0.4 is 10.2 Å². The van der Waals surface area contributed by atoms with Crippen molar-refractivity contribution in [3.63, 3.8) is 0 Å². The fourth-order valence-electron chi connectivity index (χ4n) is 3.79. The summed E-state index contributed by atoms with van der Waals surface area (Å²) in [5.74, 6) is -1.03. The van der Waals surface area contributed by atoms with Gasteiger partial charge in [0.1, 0.15) is 11.5 Å². The number of aromatic amines is 1. The molecule has 1 fully saturated rings. The Morgan fingerprint density at radius 2 is 1.90 bits per heavy atom. The first kappa shape index (κ1) is 21.3. The van der Waals surface area contributed by atoms with Gasteiger partial charge in [0.05, 0.1) is 25.0 Å². The predicted octanol–water partition coefficient (Wildman–Crippen LogP) is 3.62. The van der Waals surface area contributed by atoms with Crippen LogP contribution in [-0.4, -0.2) is 61.6 Å². The molecule has 2 heterocycles. The SMILES string of the molecule is COC(=O)c1[nH]c2ccc(Br)cc2c1NC(=O)CN1CCN(c2ccccc2F)CC1. The van der Waals surface area contributed by atoms with E-state index in [4.69, 9.17) is 4.74 Å². The van der Waals surface area contributed by atoms with Crippen molar-refractivity contribution in [1.82, 2.24) is 9.88 Å². The zero-order valence-corrected chi connectivity index (χ0v) is 18.5. The van der Waals surface area contributed by atoms with Crippen molar-refractivity contribution in [2.75, 3.05) is 50.1 Å². The van der Waals surface area contributed by atoms with E-state index in [1.165, 1.54) is 13.2 Å². The second-order valence-corrected chi connectivity index (χ2v) is 8.23. The Balaban J connectivity index is 1.44. The summed E-state index contributed by atoms with van der Waals surface area (Å²) in [4.78, 5) is 32.0. The van der Waals surface area contributed by atoms with E-state index in [2.05, 4.69) is 26.2 Å². The van der Waals surface area contributed by atoms with Crippen molar-refractivity contribution in [2.24, 2.45) is 0 Å². The van der Waals surface area contributed by atoms with Gasteiger partial charge in [0.2, 0.25) is 5.91 Å². The van der Waals surface area contributed by atoms with E-state index in [-0.39, 0.29) is 24.0 Å². The van der Waals surface area contributed by atoms with Gasteiger partial charge >= 0.3 is 5.97 Å². The largest absolute Gasteiger partial charge is 0.464 e.